The molecule has 20 heavy (non-hydrogen) atoms. The van der Waals surface area contributed by atoms with Crippen LogP contribution in [-0.4, -0.2) is 47.0 Å². The van der Waals surface area contributed by atoms with Crippen molar-refractivity contribution in [3.63, 3.8) is 0 Å². The molecule has 1 aliphatic rings. The Labute approximate surface area is 117 Å². The van der Waals surface area contributed by atoms with Gasteiger partial charge in [-0.25, -0.2) is 0 Å². The van der Waals surface area contributed by atoms with Gasteiger partial charge in [0.25, 0.3) is 0 Å². The van der Waals surface area contributed by atoms with Crippen LogP contribution in [0.5, 0.6) is 0 Å². The molecule has 0 aromatic carbocycles. The van der Waals surface area contributed by atoms with E-state index in [1.807, 2.05) is 0 Å². The van der Waals surface area contributed by atoms with Crippen LogP contribution >= 0.6 is 0 Å². The number of aromatic nitrogens is 1. The van der Waals surface area contributed by atoms with Crippen molar-refractivity contribution in [1.29, 1.82) is 0 Å². The summed E-state index contributed by atoms with van der Waals surface area (Å²) >= 11 is 0. The topological polar surface area (TPSA) is 19.4 Å². The molecule has 0 radical (unpaired) electrons. The van der Waals surface area contributed by atoms with Crippen molar-refractivity contribution in [3.05, 3.63) is 29.6 Å². The van der Waals surface area contributed by atoms with Gasteiger partial charge in [-0.2, -0.15) is 13.2 Å². The lowest BCUT2D eigenvalue weighted by Crippen LogP contribution is -2.48. The first-order valence-corrected chi connectivity index (χ1v) is 6.85. The van der Waals surface area contributed by atoms with Crippen LogP contribution in [-0.2, 0) is 12.7 Å². The molecule has 0 unspecified atom stereocenters. The Hall–Kier alpha value is -1.14. The predicted molar refractivity (Wildman–Crippen MR) is 71.2 cm³/mol. The molecular formula is C14H20F3N3. The number of nitrogens with zero attached hydrogens (tertiary/aromatic N) is 3. The molecule has 1 fully saturated rings. The zero-order valence-corrected chi connectivity index (χ0v) is 11.8. The first kappa shape index (κ1) is 15.3. The van der Waals surface area contributed by atoms with Crippen molar-refractivity contribution in [1.82, 2.24) is 14.8 Å². The second-order valence-corrected chi connectivity index (χ2v) is 5.41. The average Bonchev–Trinajstić information content (AvgIpc) is 2.38. The van der Waals surface area contributed by atoms with Gasteiger partial charge in [-0.3, -0.25) is 14.8 Å². The standard InChI is InChI=1S/C14H20F3N3/c1-11(2)20-8-6-19(7-9-20)10-12-4-3-5-18-13(12)14(15,16)17/h3-5,11H,6-10H2,1-2H3. The van der Waals surface area contributed by atoms with E-state index >= 15 is 0 Å². The summed E-state index contributed by atoms with van der Waals surface area (Å²) in [5.74, 6) is 0. The van der Waals surface area contributed by atoms with E-state index in [1.165, 1.54) is 12.3 Å². The smallest absolute Gasteiger partial charge is 0.298 e. The summed E-state index contributed by atoms with van der Waals surface area (Å²) in [6.07, 6.45) is -3.18. The van der Waals surface area contributed by atoms with Gasteiger partial charge in [0.1, 0.15) is 5.69 Å². The summed E-state index contributed by atoms with van der Waals surface area (Å²) in [4.78, 5) is 7.89. The van der Waals surface area contributed by atoms with Crippen LogP contribution in [0.2, 0.25) is 0 Å². The third kappa shape index (κ3) is 3.70. The lowest BCUT2D eigenvalue weighted by atomic mass is 10.1. The van der Waals surface area contributed by atoms with Crippen molar-refractivity contribution in [2.45, 2.75) is 32.6 Å². The van der Waals surface area contributed by atoms with E-state index < -0.39 is 11.9 Å². The molecule has 1 saturated heterocycles. The van der Waals surface area contributed by atoms with Crippen LogP contribution in [0.25, 0.3) is 0 Å². The maximum absolute atomic E-state index is 12.9. The molecule has 2 heterocycles. The highest BCUT2D eigenvalue weighted by atomic mass is 19.4. The molecule has 0 spiro atoms. The molecule has 1 aliphatic heterocycles. The second-order valence-electron chi connectivity index (χ2n) is 5.41. The fourth-order valence-electron chi connectivity index (χ4n) is 2.50. The molecule has 0 bridgehead atoms. The van der Waals surface area contributed by atoms with Crippen molar-refractivity contribution in [2.24, 2.45) is 0 Å². The molecule has 0 N–H and O–H groups in total. The van der Waals surface area contributed by atoms with Crippen LogP contribution < -0.4 is 0 Å². The maximum atomic E-state index is 12.9. The van der Waals surface area contributed by atoms with E-state index in [2.05, 4.69) is 28.6 Å². The van der Waals surface area contributed by atoms with E-state index in [9.17, 15) is 13.2 Å². The summed E-state index contributed by atoms with van der Waals surface area (Å²) in [5, 5.41) is 0. The zero-order chi connectivity index (χ0) is 14.8. The Morgan fingerprint density at radius 2 is 1.85 bits per heavy atom. The molecule has 0 atom stereocenters. The van der Waals surface area contributed by atoms with Crippen LogP contribution in [0.3, 0.4) is 0 Å². The molecule has 6 heteroatoms. The Kier molecular flexibility index (Phi) is 4.65. The van der Waals surface area contributed by atoms with Gasteiger partial charge < -0.3 is 0 Å². The number of pyridine rings is 1. The largest absolute Gasteiger partial charge is 0.433 e. The van der Waals surface area contributed by atoms with Crippen molar-refractivity contribution >= 4 is 0 Å². The lowest BCUT2D eigenvalue weighted by molar-refractivity contribution is -0.142. The zero-order valence-electron chi connectivity index (χ0n) is 11.8. The van der Waals surface area contributed by atoms with Gasteiger partial charge in [-0.15, -0.1) is 0 Å². The SMILES string of the molecule is CC(C)N1CCN(Cc2cccnc2C(F)(F)F)CC1. The van der Waals surface area contributed by atoms with Gasteiger partial charge in [-0.05, 0) is 25.5 Å². The van der Waals surface area contributed by atoms with Gasteiger partial charge in [-0.1, -0.05) is 6.07 Å². The molecule has 0 aliphatic carbocycles. The minimum atomic E-state index is -4.38. The molecule has 0 saturated carbocycles. The minimum Gasteiger partial charge on any atom is -0.298 e. The van der Waals surface area contributed by atoms with Crippen molar-refractivity contribution in [3.8, 4) is 0 Å². The third-order valence-corrected chi connectivity index (χ3v) is 3.69. The molecule has 2 rings (SSSR count). The van der Waals surface area contributed by atoms with Crippen LogP contribution in [0.4, 0.5) is 13.2 Å². The van der Waals surface area contributed by atoms with E-state index in [-0.39, 0.29) is 5.56 Å². The lowest BCUT2D eigenvalue weighted by Gasteiger charge is -2.37. The van der Waals surface area contributed by atoms with Gasteiger partial charge in [0.05, 0.1) is 0 Å². The Bertz CT molecular complexity index is 438. The normalized spacial score (nSPS) is 18.7. The highest BCUT2D eigenvalue weighted by Gasteiger charge is 2.35. The van der Waals surface area contributed by atoms with Crippen LogP contribution in [0.1, 0.15) is 25.1 Å². The van der Waals surface area contributed by atoms with Gasteiger partial charge >= 0.3 is 6.18 Å². The molecule has 112 valence electrons. The monoisotopic (exact) mass is 287 g/mol. The maximum Gasteiger partial charge on any atom is 0.433 e. The van der Waals surface area contributed by atoms with Crippen molar-refractivity contribution < 1.29 is 13.2 Å². The summed E-state index contributed by atoms with van der Waals surface area (Å²) in [7, 11) is 0. The summed E-state index contributed by atoms with van der Waals surface area (Å²) in [6.45, 7) is 7.99. The van der Waals surface area contributed by atoms with Crippen LogP contribution in [0.15, 0.2) is 18.3 Å². The van der Waals surface area contributed by atoms with E-state index in [1.54, 1.807) is 6.07 Å². The quantitative estimate of drug-likeness (QED) is 0.852. The van der Waals surface area contributed by atoms with Gasteiger partial charge in [0, 0.05) is 45.0 Å². The molecular weight excluding hydrogens is 267 g/mol. The third-order valence-electron chi connectivity index (χ3n) is 3.69. The van der Waals surface area contributed by atoms with Gasteiger partial charge in [0.2, 0.25) is 0 Å². The summed E-state index contributed by atoms with van der Waals surface area (Å²) < 4.78 is 38.6. The number of hydrogen-bond donors (Lipinski definition) is 0. The molecule has 1 aromatic rings. The van der Waals surface area contributed by atoms with E-state index in [0.717, 1.165) is 26.2 Å². The molecule has 0 amide bonds. The van der Waals surface area contributed by atoms with Gasteiger partial charge in [0.15, 0.2) is 0 Å². The predicted octanol–water partition coefficient (Wildman–Crippen LogP) is 2.63. The summed E-state index contributed by atoms with van der Waals surface area (Å²) in [6, 6.07) is 3.57. The Balaban J connectivity index is 2.02. The average molecular weight is 287 g/mol. The number of rotatable bonds is 3. The van der Waals surface area contributed by atoms with E-state index in [0.29, 0.717) is 12.6 Å². The van der Waals surface area contributed by atoms with Crippen LogP contribution in [0, 0.1) is 0 Å². The van der Waals surface area contributed by atoms with Crippen molar-refractivity contribution in [2.75, 3.05) is 26.2 Å². The fraction of sp³-hybridized carbons (Fsp3) is 0.643. The first-order chi connectivity index (χ1) is 9.38. The molecule has 1 aromatic heterocycles. The Morgan fingerprint density at radius 3 is 2.40 bits per heavy atom. The number of hydrogen-bond acceptors (Lipinski definition) is 3. The minimum absolute atomic E-state index is 0.262. The number of alkyl halides is 3. The number of piperazine rings is 1. The summed E-state index contributed by atoms with van der Waals surface area (Å²) in [5.41, 5.74) is -0.496. The fourth-order valence-corrected chi connectivity index (χ4v) is 2.50. The highest BCUT2D eigenvalue weighted by Crippen LogP contribution is 2.30. The molecule has 3 nitrogen and oxygen atoms in total. The Morgan fingerprint density at radius 1 is 1.20 bits per heavy atom. The van der Waals surface area contributed by atoms with E-state index in [4.69, 9.17) is 0 Å². The highest BCUT2D eigenvalue weighted by molar-refractivity contribution is 5.22. The second kappa shape index (κ2) is 6.10. The first-order valence-electron chi connectivity index (χ1n) is 6.85. The number of halogens is 3.